The van der Waals surface area contributed by atoms with Gasteiger partial charge in [-0.1, -0.05) is 42.5 Å². The first-order valence-electron chi connectivity index (χ1n) is 10.8. The average molecular weight is 436 g/mol. The first-order chi connectivity index (χ1) is 15.0. The fourth-order valence-electron chi connectivity index (χ4n) is 4.06. The highest BCUT2D eigenvalue weighted by Gasteiger charge is 2.19. The zero-order chi connectivity index (χ0) is 21.8. The number of aryl methyl sites for hydroxylation is 2. The molecule has 1 fully saturated rings. The standard InChI is InChI=1S/C25H29N3O2S/c1-17-10-11-18(2)23-22(17)13-20(24(29)27-23)16-28(15-19-7-4-3-5-8-19)25(31)26-14-21-9-6-12-30-21/h3-5,7-8,10-11,13,21H,6,9,12,14-16H2,1-2H3,(H,26,31)(H,27,29)/t21-/m1/s1. The van der Waals surface area contributed by atoms with E-state index >= 15 is 0 Å². The second kappa shape index (κ2) is 9.62. The summed E-state index contributed by atoms with van der Waals surface area (Å²) in [7, 11) is 0. The van der Waals surface area contributed by atoms with Crippen LogP contribution in [0.1, 0.15) is 35.1 Å². The predicted octanol–water partition coefficient (Wildman–Crippen LogP) is 4.20. The number of nitrogens with zero attached hydrogens (tertiary/aromatic N) is 1. The van der Waals surface area contributed by atoms with Crippen molar-refractivity contribution in [1.29, 1.82) is 0 Å². The maximum Gasteiger partial charge on any atom is 0.253 e. The molecule has 0 spiro atoms. The number of aromatic amines is 1. The molecule has 6 heteroatoms. The van der Waals surface area contributed by atoms with Crippen LogP contribution in [0.2, 0.25) is 0 Å². The van der Waals surface area contributed by atoms with Gasteiger partial charge in [0.25, 0.3) is 5.56 Å². The molecule has 1 saturated heterocycles. The topological polar surface area (TPSA) is 57.4 Å². The summed E-state index contributed by atoms with van der Waals surface area (Å²) in [6, 6.07) is 16.3. The largest absolute Gasteiger partial charge is 0.376 e. The van der Waals surface area contributed by atoms with Crippen molar-refractivity contribution in [3.8, 4) is 0 Å². The molecule has 0 aliphatic carbocycles. The predicted molar refractivity (Wildman–Crippen MR) is 129 cm³/mol. The van der Waals surface area contributed by atoms with E-state index in [9.17, 15) is 4.79 Å². The number of nitrogens with one attached hydrogen (secondary N) is 2. The Labute approximate surface area is 188 Å². The molecule has 2 aromatic carbocycles. The Kier molecular flexibility index (Phi) is 6.68. The maximum absolute atomic E-state index is 12.9. The van der Waals surface area contributed by atoms with Crippen molar-refractivity contribution in [2.24, 2.45) is 0 Å². The van der Waals surface area contributed by atoms with Crippen LogP contribution in [0.5, 0.6) is 0 Å². The molecule has 1 atom stereocenters. The average Bonchev–Trinajstić information content (AvgIpc) is 3.29. The van der Waals surface area contributed by atoms with Gasteiger partial charge in [-0.05, 0) is 61.7 Å². The SMILES string of the molecule is Cc1ccc(C)c2[nH]c(=O)c(CN(Cc3ccccc3)C(=S)NC[C@H]3CCCO3)cc12. The quantitative estimate of drug-likeness (QED) is 0.569. The first kappa shape index (κ1) is 21.5. The summed E-state index contributed by atoms with van der Waals surface area (Å²) >= 11 is 5.74. The van der Waals surface area contributed by atoms with Gasteiger partial charge in [-0.2, -0.15) is 0 Å². The molecule has 1 aliphatic heterocycles. The van der Waals surface area contributed by atoms with Crippen LogP contribution in [-0.2, 0) is 17.8 Å². The molecular formula is C25H29N3O2S. The number of hydrogen-bond donors (Lipinski definition) is 2. The zero-order valence-electron chi connectivity index (χ0n) is 18.1. The van der Waals surface area contributed by atoms with Crippen LogP contribution in [0.25, 0.3) is 10.9 Å². The highest BCUT2D eigenvalue weighted by atomic mass is 32.1. The van der Waals surface area contributed by atoms with E-state index in [4.69, 9.17) is 17.0 Å². The monoisotopic (exact) mass is 435 g/mol. The fourth-order valence-corrected chi connectivity index (χ4v) is 4.28. The number of thiocarbonyl (C=S) groups is 1. The van der Waals surface area contributed by atoms with Crippen molar-refractivity contribution < 1.29 is 4.74 Å². The molecule has 2 N–H and O–H groups in total. The molecule has 0 unspecified atom stereocenters. The Morgan fingerprint density at radius 2 is 1.94 bits per heavy atom. The van der Waals surface area contributed by atoms with Crippen molar-refractivity contribution >= 4 is 28.2 Å². The van der Waals surface area contributed by atoms with Crippen LogP contribution >= 0.6 is 12.2 Å². The van der Waals surface area contributed by atoms with E-state index in [1.807, 2.05) is 37.3 Å². The normalized spacial score (nSPS) is 15.9. The molecule has 0 bridgehead atoms. The highest BCUT2D eigenvalue weighted by molar-refractivity contribution is 7.80. The van der Waals surface area contributed by atoms with Crippen molar-refractivity contribution in [3.05, 3.63) is 81.1 Å². The number of ether oxygens (including phenoxy) is 1. The third-order valence-corrected chi connectivity index (χ3v) is 6.29. The molecule has 31 heavy (non-hydrogen) atoms. The third-order valence-electron chi connectivity index (χ3n) is 5.89. The van der Waals surface area contributed by atoms with Gasteiger partial charge < -0.3 is 19.9 Å². The molecule has 0 amide bonds. The van der Waals surface area contributed by atoms with Gasteiger partial charge in [0.2, 0.25) is 0 Å². The summed E-state index contributed by atoms with van der Waals surface area (Å²) in [5.41, 5.74) is 4.90. The minimum atomic E-state index is -0.0683. The summed E-state index contributed by atoms with van der Waals surface area (Å²) < 4.78 is 5.72. The van der Waals surface area contributed by atoms with E-state index in [-0.39, 0.29) is 11.7 Å². The Bertz CT molecular complexity index is 1120. The summed E-state index contributed by atoms with van der Waals surface area (Å²) in [4.78, 5) is 18.1. The van der Waals surface area contributed by atoms with Crippen LogP contribution in [0.3, 0.4) is 0 Å². The first-order valence-corrected chi connectivity index (χ1v) is 11.2. The summed E-state index contributed by atoms with van der Waals surface area (Å²) in [6.45, 7) is 6.66. The van der Waals surface area contributed by atoms with Crippen molar-refractivity contribution in [3.63, 3.8) is 0 Å². The zero-order valence-corrected chi connectivity index (χ0v) is 18.9. The number of benzene rings is 2. The Hall–Kier alpha value is -2.70. The Morgan fingerprint density at radius 1 is 1.16 bits per heavy atom. The minimum Gasteiger partial charge on any atom is -0.376 e. The number of H-pyrrole nitrogens is 1. The van der Waals surface area contributed by atoms with E-state index in [1.165, 1.54) is 0 Å². The summed E-state index contributed by atoms with van der Waals surface area (Å²) in [5, 5.41) is 5.08. The minimum absolute atomic E-state index is 0.0683. The van der Waals surface area contributed by atoms with E-state index in [2.05, 4.69) is 40.3 Å². The molecule has 162 valence electrons. The van der Waals surface area contributed by atoms with Crippen LogP contribution in [0.15, 0.2) is 53.3 Å². The molecule has 1 aliphatic rings. The number of hydrogen-bond acceptors (Lipinski definition) is 3. The van der Waals surface area contributed by atoms with Gasteiger partial charge in [-0.25, -0.2) is 0 Å². The number of rotatable bonds is 6. The van der Waals surface area contributed by atoms with Crippen molar-refractivity contribution in [2.75, 3.05) is 13.2 Å². The second-order valence-electron chi connectivity index (χ2n) is 8.27. The van der Waals surface area contributed by atoms with Gasteiger partial charge in [0, 0.05) is 30.6 Å². The molecule has 3 aromatic rings. The lowest BCUT2D eigenvalue weighted by Gasteiger charge is -2.27. The van der Waals surface area contributed by atoms with Gasteiger partial charge in [0.05, 0.1) is 18.2 Å². The van der Waals surface area contributed by atoms with Crippen LogP contribution < -0.4 is 10.9 Å². The Balaban J connectivity index is 1.60. The summed E-state index contributed by atoms with van der Waals surface area (Å²) in [5.74, 6) is 0. The number of pyridine rings is 1. The van der Waals surface area contributed by atoms with Crippen LogP contribution in [0.4, 0.5) is 0 Å². The van der Waals surface area contributed by atoms with E-state index in [0.717, 1.165) is 47.0 Å². The smallest absolute Gasteiger partial charge is 0.253 e. The molecule has 4 rings (SSSR count). The lowest BCUT2D eigenvalue weighted by Crippen LogP contribution is -2.42. The van der Waals surface area contributed by atoms with Crippen molar-refractivity contribution in [2.45, 2.75) is 45.9 Å². The van der Waals surface area contributed by atoms with Gasteiger partial charge in [-0.15, -0.1) is 0 Å². The number of fused-ring (bicyclic) bond motifs is 1. The fraction of sp³-hybridized carbons (Fsp3) is 0.360. The lowest BCUT2D eigenvalue weighted by molar-refractivity contribution is 0.113. The number of aromatic nitrogens is 1. The van der Waals surface area contributed by atoms with E-state index in [0.29, 0.717) is 30.3 Å². The molecule has 0 radical (unpaired) electrons. The lowest BCUT2D eigenvalue weighted by atomic mass is 10.0. The van der Waals surface area contributed by atoms with Gasteiger partial charge in [0.1, 0.15) is 0 Å². The molecule has 1 aromatic heterocycles. The second-order valence-corrected chi connectivity index (χ2v) is 8.66. The van der Waals surface area contributed by atoms with Gasteiger partial charge >= 0.3 is 0 Å². The van der Waals surface area contributed by atoms with Gasteiger partial charge in [0.15, 0.2) is 5.11 Å². The van der Waals surface area contributed by atoms with Gasteiger partial charge in [-0.3, -0.25) is 4.79 Å². The van der Waals surface area contributed by atoms with E-state index in [1.54, 1.807) is 0 Å². The summed E-state index contributed by atoms with van der Waals surface area (Å²) in [6.07, 6.45) is 2.35. The Morgan fingerprint density at radius 3 is 2.68 bits per heavy atom. The van der Waals surface area contributed by atoms with Crippen molar-refractivity contribution in [1.82, 2.24) is 15.2 Å². The van der Waals surface area contributed by atoms with Crippen LogP contribution in [-0.4, -0.2) is 34.3 Å². The molecule has 2 heterocycles. The highest BCUT2D eigenvalue weighted by Crippen LogP contribution is 2.20. The van der Waals surface area contributed by atoms with Crippen LogP contribution in [0, 0.1) is 13.8 Å². The van der Waals surface area contributed by atoms with E-state index < -0.39 is 0 Å². The maximum atomic E-state index is 12.9. The third kappa shape index (κ3) is 5.14. The molecular weight excluding hydrogens is 406 g/mol. The molecule has 0 saturated carbocycles. The molecule has 5 nitrogen and oxygen atoms in total.